The number of hydrogen-bond donors (Lipinski definition) is 1. The molecule has 2 nitrogen and oxygen atoms in total. The van der Waals surface area contributed by atoms with Crippen molar-refractivity contribution in [2.24, 2.45) is 0 Å². The summed E-state index contributed by atoms with van der Waals surface area (Å²) in [4.78, 5) is 2.55. The van der Waals surface area contributed by atoms with Crippen molar-refractivity contribution in [3.05, 3.63) is 35.9 Å². The third kappa shape index (κ3) is 5.28. The predicted octanol–water partition coefficient (Wildman–Crippen LogP) is 1.87. The van der Waals surface area contributed by atoms with Gasteiger partial charge in [-0.3, -0.25) is 4.90 Å². The molecule has 1 N–H and O–H groups in total. The molecule has 0 aliphatic carbocycles. The molecule has 1 atom stereocenters. The lowest BCUT2D eigenvalue weighted by atomic mass is 10.0. The van der Waals surface area contributed by atoms with E-state index in [0.29, 0.717) is 6.04 Å². The van der Waals surface area contributed by atoms with E-state index in [2.05, 4.69) is 46.5 Å². The zero-order chi connectivity index (χ0) is 13.3. The zero-order valence-electron chi connectivity index (χ0n) is 11.3. The highest BCUT2D eigenvalue weighted by atomic mass is 32.2. The van der Waals surface area contributed by atoms with Crippen molar-refractivity contribution in [3.8, 4) is 12.3 Å². The van der Waals surface area contributed by atoms with Gasteiger partial charge in [-0.25, -0.2) is 0 Å². The Bertz CT molecular complexity index is 399. The van der Waals surface area contributed by atoms with Gasteiger partial charge in [-0.2, -0.15) is 0 Å². The summed E-state index contributed by atoms with van der Waals surface area (Å²) in [5, 5.41) is 3.62. The maximum absolute atomic E-state index is 5.26. The van der Waals surface area contributed by atoms with Crippen molar-refractivity contribution in [1.82, 2.24) is 10.2 Å². The Morgan fingerprint density at radius 2 is 2.21 bits per heavy atom. The minimum atomic E-state index is 0.578. The first kappa shape index (κ1) is 14.5. The van der Waals surface area contributed by atoms with E-state index >= 15 is 0 Å². The van der Waals surface area contributed by atoms with Gasteiger partial charge in [0.15, 0.2) is 0 Å². The molecule has 1 fully saturated rings. The summed E-state index contributed by atoms with van der Waals surface area (Å²) in [5.74, 6) is 4.65. The van der Waals surface area contributed by atoms with Crippen LogP contribution in [-0.2, 0) is 6.42 Å². The van der Waals surface area contributed by atoms with E-state index in [1.54, 1.807) is 0 Å². The van der Waals surface area contributed by atoms with Crippen LogP contribution in [0.5, 0.6) is 0 Å². The van der Waals surface area contributed by atoms with Crippen molar-refractivity contribution >= 4 is 11.8 Å². The van der Waals surface area contributed by atoms with Crippen molar-refractivity contribution in [1.29, 1.82) is 0 Å². The van der Waals surface area contributed by atoms with Crippen LogP contribution < -0.4 is 5.32 Å². The van der Waals surface area contributed by atoms with Gasteiger partial charge in [0.1, 0.15) is 0 Å². The molecule has 19 heavy (non-hydrogen) atoms. The molecule has 1 unspecified atom stereocenters. The fourth-order valence-electron chi connectivity index (χ4n) is 2.46. The molecular weight excluding hydrogens is 252 g/mol. The van der Waals surface area contributed by atoms with E-state index in [1.807, 2.05) is 11.8 Å². The lowest BCUT2D eigenvalue weighted by molar-refractivity contribution is 0.210. The number of piperazine rings is 1. The van der Waals surface area contributed by atoms with Crippen LogP contribution in [0.25, 0.3) is 0 Å². The van der Waals surface area contributed by atoms with E-state index < -0.39 is 0 Å². The molecule has 102 valence electrons. The molecule has 2 rings (SSSR count). The Kier molecular flexibility index (Phi) is 6.29. The maximum Gasteiger partial charge on any atom is 0.0545 e. The number of benzene rings is 1. The first-order valence-electron chi connectivity index (χ1n) is 6.89. The standard InChI is InChI=1S/C16H22N2S/c1-2-11-19-12-10-18-9-8-17-16(14-18)13-15-6-4-3-5-7-15/h1,3-7,16-17H,8-14H2. The molecule has 3 heteroatoms. The molecule has 1 aliphatic rings. The molecule has 0 radical (unpaired) electrons. The minimum Gasteiger partial charge on any atom is -0.311 e. The average molecular weight is 274 g/mol. The van der Waals surface area contributed by atoms with Gasteiger partial charge in [0.25, 0.3) is 0 Å². The largest absolute Gasteiger partial charge is 0.311 e. The van der Waals surface area contributed by atoms with Crippen LogP contribution in [0.2, 0.25) is 0 Å². The van der Waals surface area contributed by atoms with E-state index in [1.165, 1.54) is 5.56 Å². The quantitative estimate of drug-likeness (QED) is 0.630. The Morgan fingerprint density at radius 1 is 1.37 bits per heavy atom. The fraction of sp³-hybridized carbons (Fsp3) is 0.500. The van der Waals surface area contributed by atoms with Crippen LogP contribution in [0.15, 0.2) is 30.3 Å². The topological polar surface area (TPSA) is 15.3 Å². The summed E-state index contributed by atoms with van der Waals surface area (Å²) in [7, 11) is 0. The molecule has 0 saturated carbocycles. The van der Waals surface area contributed by atoms with E-state index in [9.17, 15) is 0 Å². The molecule has 1 aliphatic heterocycles. The highest BCUT2D eigenvalue weighted by molar-refractivity contribution is 7.99. The van der Waals surface area contributed by atoms with E-state index in [4.69, 9.17) is 6.42 Å². The fourth-order valence-corrected chi connectivity index (χ4v) is 3.11. The first-order valence-corrected chi connectivity index (χ1v) is 8.05. The summed E-state index contributed by atoms with van der Waals surface area (Å²) in [5.41, 5.74) is 1.42. The number of terminal acetylenes is 1. The number of nitrogens with one attached hydrogen (secondary N) is 1. The van der Waals surface area contributed by atoms with Gasteiger partial charge in [0.05, 0.1) is 5.75 Å². The summed E-state index contributed by atoms with van der Waals surface area (Å²) in [6, 6.07) is 11.3. The van der Waals surface area contributed by atoms with E-state index in [0.717, 1.165) is 44.1 Å². The lowest BCUT2D eigenvalue weighted by Crippen LogP contribution is -2.52. The van der Waals surface area contributed by atoms with Crippen molar-refractivity contribution in [2.75, 3.05) is 37.7 Å². The summed E-state index contributed by atoms with van der Waals surface area (Å²) >= 11 is 1.85. The maximum atomic E-state index is 5.26. The SMILES string of the molecule is C#CCSCCN1CCNC(Cc2ccccc2)C1. The smallest absolute Gasteiger partial charge is 0.0545 e. The van der Waals surface area contributed by atoms with Gasteiger partial charge in [-0.1, -0.05) is 36.3 Å². The highest BCUT2D eigenvalue weighted by Crippen LogP contribution is 2.08. The first-order chi connectivity index (χ1) is 9.38. The zero-order valence-corrected chi connectivity index (χ0v) is 12.2. The molecular formula is C16H22N2S. The lowest BCUT2D eigenvalue weighted by Gasteiger charge is -2.33. The van der Waals surface area contributed by atoms with Gasteiger partial charge in [0, 0.05) is 38.0 Å². The molecule has 0 bridgehead atoms. The second-order valence-corrected chi connectivity index (χ2v) is 6.00. The van der Waals surface area contributed by atoms with Gasteiger partial charge < -0.3 is 5.32 Å². The monoisotopic (exact) mass is 274 g/mol. The minimum absolute atomic E-state index is 0.578. The van der Waals surface area contributed by atoms with Crippen LogP contribution in [-0.4, -0.2) is 48.6 Å². The third-order valence-corrected chi connectivity index (χ3v) is 4.24. The Labute approximate surface area is 121 Å². The van der Waals surface area contributed by atoms with Crippen molar-refractivity contribution < 1.29 is 0 Å². The Morgan fingerprint density at radius 3 is 3.00 bits per heavy atom. The molecule has 1 aromatic carbocycles. The summed E-state index contributed by atoms with van der Waals surface area (Å²) in [6.45, 7) is 4.55. The Balaban J connectivity index is 1.73. The van der Waals surface area contributed by atoms with Crippen molar-refractivity contribution in [3.63, 3.8) is 0 Å². The Hall–Kier alpha value is -0.950. The number of nitrogens with zero attached hydrogens (tertiary/aromatic N) is 1. The van der Waals surface area contributed by atoms with Gasteiger partial charge >= 0.3 is 0 Å². The number of hydrogen-bond acceptors (Lipinski definition) is 3. The highest BCUT2D eigenvalue weighted by Gasteiger charge is 2.18. The van der Waals surface area contributed by atoms with Gasteiger partial charge in [-0.05, 0) is 12.0 Å². The molecule has 0 aromatic heterocycles. The summed E-state index contributed by atoms with van der Waals surface area (Å²) in [6.07, 6.45) is 6.38. The van der Waals surface area contributed by atoms with E-state index in [-0.39, 0.29) is 0 Å². The van der Waals surface area contributed by atoms with Gasteiger partial charge in [-0.15, -0.1) is 18.2 Å². The second kappa shape index (κ2) is 8.27. The molecule has 1 heterocycles. The molecule has 1 saturated heterocycles. The molecule has 0 spiro atoms. The van der Waals surface area contributed by atoms with Crippen LogP contribution in [0.1, 0.15) is 5.56 Å². The van der Waals surface area contributed by atoms with Crippen LogP contribution in [0.3, 0.4) is 0 Å². The van der Waals surface area contributed by atoms with Crippen LogP contribution in [0.4, 0.5) is 0 Å². The average Bonchev–Trinajstić information content (AvgIpc) is 2.45. The molecule has 0 amide bonds. The van der Waals surface area contributed by atoms with Crippen LogP contribution >= 0.6 is 11.8 Å². The normalized spacial score (nSPS) is 20.1. The number of rotatable bonds is 6. The second-order valence-electron chi connectivity index (χ2n) is 4.90. The summed E-state index contributed by atoms with van der Waals surface area (Å²) < 4.78 is 0. The predicted molar refractivity (Wildman–Crippen MR) is 84.5 cm³/mol. The van der Waals surface area contributed by atoms with Gasteiger partial charge in [0.2, 0.25) is 0 Å². The number of thioether (sulfide) groups is 1. The molecule has 1 aromatic rings. The van der Waals surface area contributed by atoms with Crippen molar-refractivity contribution in [2.45, 2.75) is 12.5 Å². The van der Waals surface area contributed by atoms with Crippen LogP contribution in [0, 0.1) is 12.3 Å². The third-order valence-electron chi connectivity index (χ3n) is 3.40.